The first-order chi connectivity index (χ1) is 13.1. The fourth-order valence-electron chi connectivity index (χ4n) is 3.24. The second kappa shape index (κ2) is 13.4. The lowest BCUT2D eigenvalue weighted by Crippen LogP contribution is -2.09. The number of methoxy groups -OCH3 is 4. The molecule has 0 unspecified atom stereocenters. The summed E-state index contributed by atoms with van der Waals surface area (Å²) in [4.78, 5) is 0. The molecular formula is C21H32Cl2N2O4. The number of ether oxygens (including phenoxy) is 4. The third-order valence-corrected chi connectivity index (χ3v) is 4.62. The highest BCUT2D eigenvalue weighted by Crippen LogP contribution is 2.35. The zero-order valence-electron chi connectivity index (χ0n) is 17.4. The summed E-state index contributed by atoms with van der Waals surface area (Å²) in [6.07, 6.45) is 2.23. The van der Waals surface area contributed by atoms with Gasteiger partial charge in [-0.25, -0.2) is 0 Å². The minimum absolute atomic E-state index is 0. The van der Waals surface area contributed by atoms with Crippen LogP contribution in [0.15, 0.2) is 24.3 Å². The molecular weight excluding hydrogens is 415 g/mol. The third-order valence-electron chi connectivity index (χ3n) is 4.62. The van der Waals surface area contributed by atoms with Crippen molar-refractivity contribution in [2.24, 2.45) is 11.5 Å². The van der Waals surface area contributed by atoms with Gasteiger partial charge >= 0.3 is 0 Å². The van der Waals surface area contributed by atoms with Gasteiger partial charge in [-0.05, 0) is 78.9 Å². The van der Waals surface area contributed by atoms with E-state index in [1.807, 2.05) is 24.3 Å². The lowest BCUT2D eigenvalue weighted by atomic mass is 9.93. The second-order valence-corrected chi connectivity index (χ2v) is 6.21. The average Bonchev–Trinajstić information content (AvgIpc) is 2.69. The normalized spacial score (nSPS) is 9.86. The van der Waals surface area contributed by atoms with Gasteiger partial charge in [0.1, 0.15) is 0 Å². The van der Waals surface area contributed by atoms with Gasteiger partial charge in [-0.1, -0.05) is 0 Å². The molecule has 2 aromatic rings. The van der Waals surface area contributed by atoms with Crippen LogP contribution in [-0.4, -0.2) is 41.5 Å². The molecule has 2 aromatic carbocycles. The van der Waals surface area contributed by atoms with Crippen LogP contribution in [0.1, 0.15) is 22.3 Å². The molecule has 0 aromatic heterocycles. The maximum absolute atomic E-state index is 5.82. The van der Waals surface area contributed by atoms with E-state index in [-0.39, 0.29) is 24.8 Å². The van der Waals surface area contributed by atoms with Crippen LogP contribution < -0.4 is 30.4 Å². The van der Waals surface area contributed by atoms with Crippen molar-refractivity contribution >= 4 is 24.8 Å². The quantitative estimate of drug-likeness (QED) is 0.582. The van der Waals surface area contributed by atoms with E-state index in [1.54, 1.807) is 28.4 Å². The van der Waals surface area contributed by atoms with Gasteiger partial charge < -0.3 is 30.4 Å². The maximum atomic E-state index is 5.82. The Morgan fingerprint density at radius 1 is 0.552 bits per heavy atom. The molecule has 0 amide bonds. The summed E-state index contributed by atoms with van der Waals surface area (Å²) in [5.41, 5.74) is 16.2. The summed E-state index contributed by atoms with van der Waals surface area (Å²) >= 11 is 0. The molecule has 0 aliphatic carbocycles. The van der Waals surface area contributed by atoms with E-state index >= 15 is 0 Å². The Labute approximate surface area is 185 Å². The van der Waals surface area contributed by atoms with Crippen molar-refractivity contribution in [1.82, 2.24) is 0 Å². The molecule has 0 saturated heterocycles. The molecule has 6 nitrogen and oxygen atoms in total. The standard InChI is InChI=1S/C21H30N2O4.2ClH/c1-24-18-10-14(5-7-22)16(12-20(18)26-3)9-17-13-21(27-4)19(25-2)11-15(17)6-8-23;;/h10-13H,5-9,22-23H2,1-4H3;2*1H. The fourth-order valence-corrected chi connectivity index (χ4v) is 3.24. The van der Waals surface area contributed by atoms with Gasteiger partial charge in [0.05, 0.1) is 28.4 Å². The molecule has 29 heavy (non-hydrogen) atoms. The first-order valence-electron chi connectivity index (χ1n) is 8.99. The summed E-state index contributed by atoms with van der Waals surface area (Å²) < 4.78 is 21.8. The fraction of sp³-hybridized carbons (Fsp3) is 0.429. The van der Waals surface area contributed by atoms with E-state index in [2.05, 4.69) is 0 Å². The predicted molar refractivity (Wildman–Crippen MR) is 122 cm³/mol. The number of benzene rings is 2. The number of rotatable bonds is 10. The third kappa shape index (κ3) is 6.57. The Balaban J connectivity index is 0.00000392. The molecule has 0 fully saturated rings. The summed E-state index contributed by atoms with van der Waals surface area (Å²) in [6, 6.07) is 8.05. The zero-order valence-corrected chi connectivity index (χ0v) is 19.1. The van der Waals surface area contributed by atoms with E-state index in [1.165, 1.54) is 0 Å². The molecule has 0 saturated carbocycles. The molecule has 0 aliphatic rings. The average molecular weight is 447 g/mol. The van der Waals surface area contributed by atoms with E-state index in [0.29, 0.717) is 42.5 Å². The van der Waals surface area contributed by atoms with Gasteiger partial charge in [0.15, 0.2) is 23.0 Å². The van der Waals surface area contributed by atoms with Gasteiger partial charge in [-0.3, -0.25) is 0 Å². The van der Waals surface area contributed by atoms with Crippen molar-refractivity contribution in [2.75, 3.05) is 41.5 Å². The Morgan fingerprint density at radius 2 is 0.828 bits per heavy atom. The van der Waals surface area contributed by atoms with Gasteiger partial charge in [-0.15, -0.1) is 24.8 Å². The predicted octanol–water partition coefficient (Wildman–Crippen LogP) is 3.16. The van der Waals surface area contributed by atoms with Crippen molar-refractivity contribution in [3.63, 3.8) is 0 Å². The summed E-state index contributed by atoms with van der Waals surface area (Å²) in [6.45, 7) is 1.12. The first-order valence-corrected chi connectivity index (χ1v) is 8.99. The Hall–Kier alpha value is -1.86. The molecule has 0 heterocycles. The Bertz CT molecular complexity index is 709. The van der Waals surface area contributed by atoms with Crippen molar-refractivity contribution in [2.45, 2.75) is 19.3 Å². The first kappa shape index (κ1) is 27.1. The van der Waals surface area contributed by atoms with Gasteiger partial charge in [-0.2, -0.15) is 0 Å². The molecule has 4 N–H and O–H groups in total. The summed E-state index contributed by atoms with van der Waals surface area (Å²) in [5.74, 6) is 2.82. The van der Waals surface area contributed by atoms with Crippen LogP contribution in [0.5, 0.6) is 23.0 Å². The largest absolute Gasteiger partial charge is 0.493 e. The van der Waals surface area contributed by atoms with E-state index in [9.17, 15) is 0 Å². The maximum Gasteiger partial charge on any atom is 0.161 e. The van der Waals surface area contributed by atoms with Crippen molar-refractivity contribution in [1.29, 1.82) is 0 Å². The summed E-state index contributed by atoms with van der Waals surface area (Å²) in [5, 5.41) is 0. The highest BCUT2D eigenvalue weighted by molar-refractivity contribution is 5.85. The lowest BCUT2D eigenvalue weighted by Gasteiger charge is -2.18. The Morgan fingerprint density at radius 3 is 1.07 bits per heavy atom. The van der Waals surface area contributed by atoms with E-state index in [4.69, 9.17) is 30.4 Å². The van der Waals surface area contributed by atoms with Crippen LogP contribution in [0.3, 0.4) is 0 Å². The van der Waals surface area contributed by atoms with Crippen LogP contribution >= 0.6 is 24.8 Å². The highest BCUT2D eigenvalue weighted by atomic mass is 35.5. The zero-order chi connectivity index (χ0) is 19.8. The molecule has 0 spiro atoms. The van der Waals surface area contributed by atoms with Crippen molar-refractivity contribution in [3.8, 4) is 23.0 Å². The van der Waals surface area contributed by atoms with E-state index in [0.717, 1.165) is 35.1 Å². The molecule has 2 rings (SSSR count). The lowest BCUT2D eigenvalue weighted by molar-refractivity contribution is 0.353. The van der Waals surface area contributed by atoms with Crippen molar-refractivity contribution < 1.29 is 18.9 Å². The van der Waals surface area contributed by atoms with Gasteiger partial charge in [0, 0.05) is 0 Å². The number of nitrogens with two attached hydrogens (primary N) is 2. The smallest absolute Gasteiger partial charge is 0.161 e. The number of hydrogen-bond acceptors (Lipinski definition) is 6. The highest BCUT2D eigenvalue weighted by Gasteiger charge is 2.15. The molecule has 0 aliphatic heterocycles. The summed E-state index contributed by atoms with van der Waals surface area (Å²) in [7, 11) is 6.55. The topological polar surface area (TPSA) is 89.0 Å². The van der Waals surface area contributed by atoms with Crippen molar-refractivity contribution in [3.05, 3.63) is 46.5 Å². The molecule has 0 radical (unpaired) electrons. The van der Waals surface area contributed by atoms with Crippen LogP contribution in [0.2, 0.25) is 0 Å². The number of halogens is 2. The van der Waals surface area contributed by atoms with Gasteiger partial charge in [0.2, 0.25) is 0 Å². The van der Waals surface area contributed by atoms with Crippen LogP contribution in [0, 0.1) is 0 Å². The van der Waals surface area contributed by atoms with Gasteiger partial charge in [0.25, 0.3) is 0 Å². The van der Waals surface area contributed by atoms with Crippen LogP contribution in [-0.2, 0) is 19.3 Å². The minimum Gasteiger partial charge on any atom is -0.493 e. The van der Waals surface area contributed by atoms with Crippen LogP contribution in [0.25, 0.3) is 0 Å². The number of hydrogen-bond donors (Lipinski definition) is 2. The molecule has 0 atom stereocenters. The minimum atomic E-state index is 0. The Kier molecular flexibility index (Phi) is 12.5. The second-order valence-electron chi connectivity index (χ2n) is 6.21. The van der Waals surface area contributed by atoms with E-state index < -0.39 is 0 Å². The SMILES string of the molecule is COc1cc(CCN)c(Cc2cc(OC)c(OC)cc2CCN)cc1OC.Cl.Cl. The molecule has 164 valence electrons. The molecule has 8 heteroatoms. The van der Waals surface area contributed by atoms with Crippen LogP contribution in [0.4, 0.5) is 0 Å². The molecule has 0 bridgehead atoms. The monoisotopic (exact) mass is 446 g/mol.